The van der Waals surface area contributed by atoms with Crippen molar-refractivity contribution < 1.29 is 27.5 Å². The zero-order valence-electron chi connectivity index (χ0n) is 10.7. The van der Waals surface area contributed by atoms with E-state index in [9.17, 15) is 18.0 Å². The number of likely N-dealkylation sites (tertiary alicyclic amines) is 1. The summed E-state index contributed by atoms with van der Waals surface area (Å²) in [7, 11) is -3.32. The SMILES string of the molecule is CS(=O)(=O)NC1CCN(C(=O)c2cc(C(=O)O)co2)C1. The zero-order valence-corrected chi connectivity index (χ0v) is 11.5. The first-order valence-corrected chi connectivity index (χ1v) is 7.74. The Balaban J connectivity index is 2.02. The van der Waals surface area contributed by atoms with Gasteiger partial charge in [-0.15, -0.1) is 0 Å². The number of carbonyl (C=O) groups is 2. The van der Waals surface area contributed by atoms with Crippen molar-refractivity contribution in [2.45, 2.75) is 12.5 Å². The number of rotatable bonds is 4. The lowest BCUT2D eigenvalue weighted by atomic mass is 10.3. The number of hydrogen-bond donors (Lipinski definition) is 2. The Labute approximate surface area is 115 Å². The van der Waals surface area contributed by atoms with Gasteiger partial charge in [0.15, 0.2) is 5.76 Å². The van der Waals surface area contributed by atoms with Crippen LogP contribution in [0, 0.1) is 0 Å². The van der Waals surface area contributed by atoms with E-state index in [0.717, 1.165) is 18.6 Å². The molecule has 2 heterocycles. The van der Waals surface area contributed by atoms with Crippen molar-refractivity contribution in [3.8, 4) is 0 Å². The Bertz CT molecular complexity index is 635. The molecule has 1 aromatic rings. The van der Waals surface area contributed by atoms with Crippen LogP contribution in [-0.4, -0.2) is 55.7 Å². The highest BCUT2D eigenvalue weighted by Gasteiger charge is 2.30. The second kappa shape index (κ2) is 5.25. The van der Waals surface area contributed by atoms with E-state index >= 15 is 0 Å². The predicted octanol–water partition coefficient (Wildman–Crippen LogP) is -0.258. The van der Waals surface area contributed by atoms with E-state index in [2.05, 4.69) is 4.72 Å². The van der Waals surface area contributed by atoms with E-state index in [1.165, 1.54) is 4.90 Å². The first-order valence-electron chi connectivity index (χ1n) is 5.84. The van der Waals surface area contributed by atoms with E-state index in [0.29, 0.717) is 13.0 Å². The second-order valence-corrected chi connectivity index (χ2v) is 6.41. The number of nitrogens with zero attached hydrogens (tertiary/aromatic N) is 1. The molecule has 0 aromatic carbocycles. The summed E-state index contributed by atoms with van der Waals surface area (Å²) in [6.45, 7) is 0.615. The number of amides is 1. The van der Waals surface area contributed by atoms with Gasteiger partial charge >= 0.3 is 5.97 Å². The summed E-state index contributed by atoms with van der Waals surface area (Å²) in [5.41, 5.74) is -0.0987. The first-order chi connectivity index (χ1) is 9.26. The van der Waals surface area contributed by atoms with Crippen LogP contribution in [0.3, 0.4) is 0 Å². The van der Waals surface area contributed by atoms with Crippen LogP contribution in [0.2, 0.25) is 0 Å². The number of nitrogens with one attached hydrogen (secondary N) is 1. The van der Waals surface area contributed by atoms with Crippen LogP contribution in [0.15, 0.2) is 16.7 Å². The van der Waals surface area contributed by atoms with Gasteiger partial charge in [-0.2, -0.15) is 0 Å². The molecule has 0 bridgehead atoms. The Hall–Kier alpha value is -1.87. The van der Waals surface area contributed by atoms with E-state index in [1.54, 1.807) is 0 Å². The van der Waals surface area contributed by atoms with Gasteiger partial charge in [0.1, 0.15) is 6.26 Å². The summed E-state index contributed by atoms with van der Waals surface area (Å²) in [5, 5.41) is 8.75. The summed E-state index contributed by atoms with van der Waals surface area (Å²) in [5.74, 6) is -1.69. The Kier molecular flexibility index (Phi) is 3.82. The molecule has 20 heavy (non-hydrogen) atoms. The average molecular weight is 302 g/mol. The van der Waals surface area contributed by atoms with Crippen LogP contribution >= 0.6 is 0 Å². The Morgan fingerprint density at radius 1 is 1.50 bits per heavy atom. The fraction of sp³-hybridized carbons (Fsp3) is 0.455. The van der Waals surface area contributed by atoms with Crippen molar-refractivity contribution in [2.75, 3.05) is 19.3 Å². The minimum absolute atomic E-state index is 0.0672. The molecular formula is C11H14N2O6S. The lowest BCUT2D eigenvalue weighted by molar-refractivity contribution is 0.0695. The number of aromatic carboxylic acids is 1. The van der Waals surface area contributed by atoms with Crippen molar-refractivity contribution >= 4 is 21.9 Å². The van der Waals surface area contributed by atoms with Gasteiger partial charge < -0.3 is 14.4 Å². The quantitative estimate of drug-likeness (QED) is 0.791. The minimum atomic E-state index is -3.32. The fourth-order valence-electron chi connectivity index (χ4n) is 2.06. The van der Waals surface area contributed by atoms with Crippen molar-refractivity contribution in [1.82, 2.24) is 9.62 Å². The minimum Gasteiger partial charge on any atom is -0.478 e. The van der Waals surface area contributed by atoms with Crippen LogP contribution < -0.4 is 4.72 Å². The maximum Gasteiger partial charge on any atom is 0.338 e. The molecule has 1 fully saturated rings. The summed E-state index contributed by atoms with van der Waals surface area (Å²) in [6.07, 6.45) is 2.56. The maximum absolute atomic E-state index is 12.1. The molecular weight excluding hydrogens is 288 g/mol. The molecule has 1 amide bonds. The fourth-order valence-corrected chi connectivity index (χ4v) is 2.86. The average Bonchev–Trinajstić information content (AvgIpc) is 2.93. The highest BCUT2D eigenvalue weighted by atomic mass is 32.2. The number of sulfonamides is 1. The molecule has 0 radical (unpaired) electrons. The lowest BCUT2D eigenvalue weighted by Crippen LogP contribution is -2.37. The van der Waals surface area contributed by atoms with Gasteiger partial charge in [0, 0.05) is 25.2 Å². The first kappa shape index (κ1) is 14.5. The predicted molar refractivity (Wildman–Crippen MR) is 68.0 cm³/mol. The third kappa shape index (κ3) is 3.36. The number of hydrogen-bond acceptors (Lipinski definition) is 5. The molecule has 0 spiro atoms. The highest BCUT2D eigenvalue weighted by molar-refractivity contribution is 7.88. The van der Waals surface area contributed by atoms with Gasteiger partial charge in [0.25, 0.3) is 5.91 Å². The number of carboxylic acids is 1. The lowest BCUT2D eigenvalue weighted by Gasteiger charge is -2.15. The van der Waals surface area contributed by atoms with E-state index in [1.807, 2.05) is 0 Å². The molecule has 1 aliphatic rings. The molecule has 1 unspecified atom stereocenters. The second-order valence-electron chi connectivity index (χ2n) is 4.63. The number of carboxylic acid groups (broad SMARTS) is 1. The summed E-state index contributed by atoms with van der Waals surface area (Å²) < 4.78 is 29.6. The van der Waals surface area contributed by atoms with Gasteiger partial charge in [0.05, 0.1) is 11.8 Å². The van der Waals surface area contributed by atoms with Gasteiger partial charge in [-0.3, -0.25) is 4.79 Å². The molecule has 1 aliphatic heterocycles. The van der Waals surface area contributed by atoms with Gasteiger partial charge in [-0.1, -0.05) is 0 Å². The molecule has 1 saturated heterocycles. The largest absolute Gasteiger partial charge is 0.478 e. The van der Waals surface area contributed by atoms with E-state index in [-0.39, 0.29) is 23.9 Å². The molecule has 9 heteroatoms. The standard InChI is InChI=1S/C11H14N2O6S/c1-20(17,18)12-8-2-3-13(5-8)10(14)9-4-7(6-19-9)11(15)16/h4,6,8,12H,2-3,5H2,1H3,(H,15,16). The van der Waals surface area contributed by atoms with E-state index in [4.69, 9.17) is 9.52 Å². The molecule has 110 valence electrons. The molecule has 1 atom stereocenters. The normalized spacial score (nSPS) is 19.2. The third-order valence-electron chi connectivity index (χ3n) is 2.91. The van der Waals surface area contributed by atoms with Crippen LogP contribution in [-0.2, 0) is 10.0 Å². The maximum atomic E-state index is 12.1. The van der Waals surface area contributed by atoms with Crippen LogP contribution in [0.5, 0.6) is 0 Å². The molecule has 2 rings (SSSR count). The Morgan fingerprint density at radius 2 is 2.20 bits per heavy atom. The highest BCUT2D eigenvalue weighted by Crippen LogP contribution is 2.16. The molecule has 0 saturated carbocycles. The topological polar surface area (TPSA) is 117 Å². The summed E-state index contributed by atoms with van der Waals surface area (Å²) in [4.78, 5) is 24.2. The van der Waals surface area contributed by atoms with Crippen LogP contribution in [0.25, 0.3) is 0 Å². The molecule has 0 aliphatic carbocycles. The van der Waals surface area contributed by atoms with Gasteiger partial charge in [-0.25, -0.2) is 17.9 Å². The molecule has 2 N–H and O–H groups in total. The summed E-state index contributed by atoms with van der Waals surface area (Å²) >= 11 is 0. The van der Waals surface area contributed by atoms with Gasteiger partial charge in [-0.05, 0) is 6.42 Å². The Morgan fingerprint density at radius 3 is 2.75 bits per heavy atom. The molecule has 8 nitrogen and oxygen atoms in total. The molecule has 1 aromatic heterocycles. The van der Waals surface area contributed by atoms with Crippen molar-refractivity contribution in [3.63, 3.8) is 0 Å². The van der Waals surface area contributed by atoms with Crippen LogP contribution in [0.1, 0.15) is 27.3 Å². The summed E-state index contributed by atoms with van der Waals surface area (Å²) in [6, 6.07) is 0.824. The van der Waals surface area contributed by atoms with E-state index < -0.39 is 21.9 Å². The van der Waals surface area contributed by atoms with Crippen molar-refractivity contribution in [1.29, 1.82) is 0 Å². The number of furan rings is 1. The zero-order chi connectivity index (χ0) is 14.9. The third-order valence-corrected chi connectivity index (χ3v) is 3.67. The van der Waals surface area contributed by atoms with Crippen LogP contribution in [0.4, 0.5) is 0 Å². The monoisotopic (exact) mass is 302 g/mol. The van der Waals surface area contributed by atoms with Crippen molar-refractivity contribution in [2.24, 2.45) is 0 Å². The van der Waals surface area contributed by atoms with Gasteiger partial charge in [0.2, 0.25) is 10.0 Å². The van der Waals surface area contributed by atoms with Crippen molar-refractivity contribution in [3.05, 3.63) is 23.7 Å². The smallest absolute Gasteiger partial charge is 0.338 e. The number of carbonyl (C=O) groups excluding carboxylic acids is 1.